The monoisotopic (exact) mass is 145 g/mol. The molecule has 0 aromatic heterocycles. The fraction of sp³-hybridized carbons (Fsp3) is 0.600. The molecule has 0 saturated heterocycles. The number of carbonyl (C=O) groups is 1. The number of hydrogen-bond donors (Lipinski definition) is 3. The van der Waals surface area contributed by atoms with Crippen molar-refractivity contribution in [2.75, 3.05) is 0 Å². The number of hydrogen-bond acceptors (Lipinski definition) is 4. The first-order valence-electron chi connectivity index (χ1n) is 2.46. The quantitative estimate of drug-likeness (QED) is 0.419. The maximum absolute atomic E-state index is 9.94. The molecule has 0 aliphatic carbocycles. The number of carboxylic acids is 1. The summed E-state index contributed by atoms with van der Waals surface area (Å²) in [6.07, 6.45) is -2.06. The van der Waals surface area contributed by atoms with Crippen molar-refractivity contribution in [1.82, 2.24) is 0 Å². The van der Waals surface area contributed by atoms with Crippen LogP contribution in [0, 0.1) is 11.3 Å². The second-order valence-corrected chi connectivity index (χ2v) is 2.00. The highest BCUT2D eigenvalue weighted by Crippen LogP contribution is 2.07. The highest BCUT2D eigenvalue weighted by Gasteiger charge is 2.35. The van der Waals surface area contributed by atoms with Gasteiger partial charge in [0.15, 0.2) is 11.7 Å². The topological polar surface area (TPSA) is 102 Å². The average molecular weight is 145 g/mol. The van der Waals surface area contributed by atoms with Gasteiger partial charge in [-0.2, -0.15) is 5.26 Å². The van der Waals surface area contributed by atoms with E-state index in [-0.39, 0.29) is 0 Å². The van der Waals surface area contributed by atoms with E-state index in [0.717, 1.165) is 6.92 Å². The summed E-state index contributed by atoms with van der Waals surface area (Å²) in [4.78, 5) is 9.94. The van der Waals surface area contributed by atoms with Crippen LogP contribution in [0.1, 0.15) is 6.92 Å². The number of nitriles is 1. The van der Waals surface area contributed by atoms with Crippen LogP contribution in [0.25, 0.3) is 0 Å². The Morgan fingerprint density at radius 3 is 2.30 bits per heavy atom. The molecule has 5 nitrogen and oxygen atoms in total. The van der Waals surface area contributed by atoms with Crippen LogP contribution >= 0.6 is 0 Å². The third-order valence-corrected chi connectivity index (χ3v) is 0.993. The van der Waals surface area contributed by atoms with Gasteiger partial charge in [-0.1, -0.05) is 0 Å². The van der Waals surface area contributed by atoms with Gasteiger partial charge in [-0.25, -0.2) is 4.79 Å². The van der Waals surface area contributed by atoms with Crippen molar-refractivity contribution in [3.8, 4) is 6.07 Å². The smallest absolute Gasteiger partial charge is 0.336 e. The lowest BCUT2D eigenvalue weighted by molar-refractivity contribution is -0.156. The van der Waals surface area contributed by atoms with Gasteiger partial charge in [-0.3, -0.25) is 0 Å². The van der Waals surface area contributed by atoms with Crippen molar-refractivity contribution in [3.05, 3.63) is 0 Å². The maximum atomic E-state index is 9.94. The highest BCUT2D eigenvalue weighted by molar-refractivity contribution is 5.74. The Morgan fingerprint density at radius 2 is 2.20 bits per heavy atom. The number of carboxylic acid groups (broad SMARTS) is 1. The van der Waals surface area contributed by atoms with Gasteiger partial charge in [-0.15, -0.1) is 0 Å². The zero-order chi connectivity index (χ0) is 8.36. The van der Waals surface area contributed by atoms with Crippen LogP contribution in [0.3, 0.4) is 0 Å². The molecule has 0 heterocycles. The second-order valence-electron chi connectivity index (χ2n) is 2.00. The molecule has 0 saturated carbocycles. The van der Waals surface area contributed by atoms with E-state index < -0.39 is 17.7 Å². The first-order valence-corrected chi connectivity index (χ1v) is 2.46. The first-order chi connectivity index (χ1) is 4.41. The molecule has 2 unspecified atom stereocenters. The first kappa shape index (κ1) is 8.88. The standard InChI is InChI=1S/C5H7NO4/c1-5(10,2-6)3(7)4(8)9/h3,7,10H,1H3,(H,8,9). The normalized spacial score (nSPS) is 18.6. The molecule has 0 aliphatic heterocycles. The molecule has 0 amide bonds. The average Bonchev–Trinajstić information content (AvgIpc) is 1.86. The Labute approximate surface area is 57.1 Å². The number of nitrogens with zero attached hydrogens (tertiary/aromatic N) is 1. The summed E-state index contributed by atoms with van der Waals surface area (Å²) in [5.74, 6) is -1.62. The molecule has 0 aromatic rings. The molecule has 0 spiro atoms. The van der Waals surface area contributed by atoms with E-state index in [1.807, 2.05) is 0 Å². The lowest BCUT2D eigenvalue weighted by atomic mass is 10.0. The number of aliphatic hydroxyl groups excluding tert-OH is 1. The van der Waals surface area contributed by atoms with Crippen molar-refractivity contribution in [2.45, 2.75) is 18.6 Å². The van der Waals surface area contributed by atoms with Gasteiger partial charge in [0.2, 0.25) is 0 Å². The van der Waals surface area contributed by atoms with E-state index in [2.05, 4.69) is 0 Å². The predicted octanol–water partition coefficient (Wildman–Crippen LogP) is -1.29. The van der Waals surface area contributed by atoms with E-state index in [1.165, 1.54) is 6.07 Å². The lowest BCUT2D eigenvalue weighted by Gasteiger charge is -2.16. The Kier molecular flexibility index (Phi) is 2.35. The molecule has 0 aliphatic rings. The molecular weight excluding hydrogens is 138 g/mol. The van der Waals surface area contributed by atoms with Gasteiger partial charge in [0.25, 0.3) is 0 Å². The van der Waals surface area contributed by atoms with Gasteiger partial charge >= 0.3 is 5.97 Å². The molecule has 0 aromatic carbocycles. The highest BCUT2D eigenvalue weighted by atomic mass is 16.4. The molecule has 0 bridgehead atoms. The minimum absolute atomic E-state index is 0.922. The molecule has 0 radical (unpaired) electrons. The fourth-order valence-corrected chi connectivity index (χ4v) is 0.302. The van der Waals surface area contributed by atoms with Crippen LogP contribution in [-0.4, -0.2) is 33.0 Å². The molecule has 3 N–H and O–H groups in total. The van der Waals surface area contributed by atoms with Gasteiger partial charge < -0.3 is 15.3 Å². The Morgan fingerprint density at radius 1 is 1.80 bits per heavy atom. The van der Waals surface area contributed by atoms with Crippen molar-refractivity contribution in [3.63, 3.8) is 0 Å². The van der Waals surface area contributed by atoms with E-state index in [1.54, 1.807) is 0 Å². The Balaban J connectivity index is 4.37. The van der Waals surface area contributed by atoms with Gasteiger partial charge in [0, 0.05) is 0 Å². The third-order valence-electron chi connectivity index (χ3n) is 0.993. The van der Waals surface area contributed by atoms with Crippen molar-refractivity contribution < 1.29 is 20.1 Å². The SMILES string of the molecule is CC(O)(C#N)C(O)C(=O)O. The van der Waals surface area contributed by atoms with Crippen LogP contribution in [0.4, 0.5) is 0 Å². The summed E-state index contributed by atoms with van der Waals surface area (Å²) in [7, 11) is 0. The van der Waals surface area contributed by atoms with Gasteiger partial charge in [0.1, 0.15) is 6.07 Å². The van der Waals surface area contributed by atoms with Crippen molar-refractivity contribution in [2.24, 2.45) is 0 Å². The van der Waals surface area contributed by atoms with Gasteiger partial charge in [-0.05, 0) is 6.92 Å². The minimum Gasteiger partial charge on any atom is -0.479 e. The van der Waals surface area contributed by atoms with Crippen LogP contribution in [0.5, 0.6) is 0 Å². The maximum Gasteiger partial charge on any atom is 0.336 e. The van der Waals surface area contributed by atoms with E-state index >= 15 is 0 Å². The Hall–Kier alpha value is -1.12. The lowest BCUT2D eigenvalue weighted by Crippen LogP contribution is -2.43. The minimum atomic E-state index is -2.22. The van der Waals surface area contributed by atoms with Crippen LogP contribution in [-0.2, 0) is 4.79 Å². The number of rotatable bonds is 2. The summed E-state index contributed by atoms with van der Waals surface area (Å²) in [6.45, 7) is 0.922. The largest absolute Gasteiger partial charge is 0.479 e. The fourth-order valence-electron chi connectivity index (χ4n) is 0.302. The summed E-state index contributed by atoms with van der Waals surface area (Å²) in [5.41, 5.74) is -2.22. The zero-order valence-electron chi connectivity index (χ0n) is 5.27. The number of aliphatic carboxylic acids is 1. The van der Waals surface area contributed by atoms with E-state index in [4.69, 9.17) is 20.6 Å². The van der Waals surface area contributed by atoms with Crippen LogP contribution < -0.4 is 0 Å². The molecule has 0 rings (SSSR count). The Bertz CT molecular complexity index is 181. The molecule has 5 heteroatoms. The molecular formula is C5H7NO4. The van der Waals surface area contributed by atoms with Crippen LogP contribution in [0.2, 0.25) is 0 Å². The molecule has 56 valence electrons. The molecule has 0 fully saturated rings. The van der Waals surface area contributed by atoms with Crippen molar-refractivity contribution in [1.29, 1.82) is 5.26 Å². The number of aliphatic hydroxyl groups is 2. The van der Waals surface area contributed by atoms with Crippen molar-refractivity contribution >= 4 is 5.97 Å². The van der Waals surface area contributed by atoms with Gasteiger partial charge in [0.05, 0.1) is 0 Å². The second kappa shape index (κ2) is 2.64. The molecule has 10 heavy (non-hydrogen) atoms. The summed E-state index contributed by atoms with van der Waals surface area (Å²) < 4.78 is 0. The summed E-state index contributed by atoms with van der Waals surface area (Å²) in [6, 6.07) is 1.25. The third kappa shape index (κ3) is 1.69. The summed E-state index contributed by atoms with van der Waals surface area (Å²) in [5, 5.41) is 33.5. The molecule has 2 atom stereocenters. The van der Waals surface area contributed by atoms with E-state index in [9.17, 15) is 4.79 Å². The summed E-state index contributed by atoms with van der Waals surface area (Å²) >= 11 is 0. The van der Waals surface area contributed by atoms with E-state index in [0.29, 0.717) is 0 Å². The predicted molar refractivity (Wildman–Crippen MR) is 29.9 cm³/mol. The van der Waals surface area contributed by atoms with Crippen LogP contribution in [0.15, 0.2) is 0 Å². The zero-order valence-corrected chi connectivity index (χ0v) is 5.27.